The van der Waals surface area contributed by atoms with Crippen molar-refractivity contribution < 1.29 is 0 Å². The van der Waals surface area contributed by atoms with E-state index in [4.69, 9.17) is 5.73 Å². The fourth-order valence-electron chi connectivity index (χ4n) is 1.09. The van der Waals surface area contributed by atoms with E-state index in [0.29, 0.717) is 11.6 Å². The van der Waals surface area contributed by atoms with Gasteiger partial charge in [0.05, 0.1) is 0 Å². The second-order valence-electron chi connectivity index (χ2n) is 2.65. The minimum Gasteiger partial charge on any atom is -0.384 e. The Hall–Kier alpha value is -1.91. The maximum absolute atomic E-state index is 5.53. The molecule has 0 aliphatic rings. The first-order valence-electron chi connectivity index (χ1n) is 3.84. The highest BCUT2D eigenvalue weighted by atomic mass is 15.3. The van der Waals surface area contributed by atoms with E-state index in [9.17, 15) is 0 Å². The van der Waals surface area contributed by atoms with Crippen molar-refractivity contribution in [2.24, 2.45) is 7.05 Å². The van der Waals surface area contributed by atoms with Crippen LogP contribution in [0.3, 0.4) is 0 Å². The molecule has 0 saturated heterocycles. The second kappa shape index (κ2) is 2.85. The van der Waals surface area contributed by atoms with E-state index in [1.165, 1.54) is 0 Å². The molecule has 2 aromatic rings. The fraction of sp³-hybridized carbons (Fsp3) is 0.125. The lowest BCUT2D eigenvalue weighted by atomic mass is 10.4. The van der Waals surface area contributed by atoms with E-state index in [0.717, 1.165) is 5.69 Å². The van der Waals surface area contributed by atoms with Gasteiger partial charge in [-0.1, -0.05) is 0 Å². The molecule has 0 aliphatic carbocycles. The SMILES string of the molecule is Cn1nccc1-c1nccc(N)n1. The molecule has 0 unspecified atom stereocenters. The van der Waals surface area contributed by atoms with Crippen LogP contribution in [0.4, 0.5) is 5.82 Å². The van der Waals surface area contributed by atoms with E-state index in [2.05, 4.69) is 15.1 Å². The minimum absolute atomic E-state index is 0.464. The van der Waals surface area contributed by atoms with E-state index in [-0.39, 0.29) is 0 Å². The lowest BCUT2D eigenvalue weighted by Gasteiger charge is -1.99. The Balaban J connectivity index is 2.53. The third-order valence-electron chi connectivity index (χ3n) is 1.73. The normalized spacial score (nSPS) is 10.2. The molecule has 0 spiro atoms. The Morgan fingerprint density at radius 2 is 2.15 bits per heavy atom. The topological polar surface area (TPSA) is 69.6 Å². The molecular weight excluding hydrogens is 166 g/mol. The number of rotatable bonds is 1. The summed E-state index contributed by atoms with van der Waals surface area (Å²) in [5, 5.41) is 4.02. The lowest BCUT2D eigenvalue weighted by molar-refractivity contribution is 0.770. The molecule has 2 heterocycles. The maximum Gasteiger partial charge on any atom is 0.179 e. The summed E-state index contributed by atoms with van der Waals surface area (Å²) in [6.07, 6.45) is 3.33. The zero-order chi connectivity index (χ0) is 9.26. The Labute approximate surface area is 75.2 Å². The highest BCUT2D eigenvalue weighted by Gasteiger charge is 2.04. The van der Waals surface area contributed by atoms with Crippen LogP contribution in [0.2, 0.25) is 0 Å². The van der Waals surface area contributed by atoms with E-state index in [1.54, 1.807) is 23.1 Å². The summed E-state index contributed by atoms with van der Waals surface area (Å²) in [7, 11) is 1.84. The molecule has 13 heavy (non-hydrogen) atoms. The minimum atomic E-state index is 0.464. The largest absolute Gasteiger partial charge is 0.384 e. The molecule has 0 amide bonds. The molecule has 2 N–H and O–H groups in total. The van der Waals surface area contributed by atoms with Gasteiger partial charge in [0, 0.05) is 19.4 Å². The number of aryl methyl sites for hydroxylation is 1. The highest BCUT2D eigenvalue weighted by molar-refractivity contribution is 5.50. The van der Waals surface area contributed by atoms with Gasteiger partial charge in [0.2, 0.25) is 0 Å². The van der Waals surface area contributed by atoms with Crippen molar-refractivity contribution in [3.05, 3.63) is 24.5 Å². The number of nitrogen functional groups attached to an aromatic ring is 1. The van der Waals surface area contributed by atoms with Gasteiger partial charge in [-0.25, -0.2) is 9.97 Å². The van der Waals surface area contributed by atoms with Crippen molar-refractivity contribution in [3.63, 3.8) is 0 Å². The summed E-state index contributed by atoms with van der Waals surface area (Å²) < 4.78 is 1.70. The van der Waals surface area contributed by atoms with Gasteiger partial charge < -0.3 is 5.73 Å². The first kappa shape index (κ1) is 7.72. The monoisotopic (exact) mass is 175 g/mol. The van der Waals surface area contributed by atoms with Crippen molar-refractivity contribution in [3.8, 4) is 11.5 Å². The molecule has 5 nitrogen and oxygen atoms in total. The van der Waals surface area contributed by atoms with Crippen molar-refractivity contribution in [2.45, 2.75) is 0 Å². The zero-order valence-electron chi connectivity index (χ0n) is 7.18. The number of anilines is 1. The number of aromatic nitrogens is 4. The Morgan fingerprint density at radius 3 is 2.77 bits per heavy atom. The summed E-state index contributed by atoms with van der Waals surface area (Å²) in [6, 6.07) is 3.49. The molecule has 0 saturated carbocycles. The number of nitrogens with zero attached hydrogens (tertiary/aromatic N) is 4. The van der Waals surface area contributed by atoms with Crippen LogP contribution in [0, 0.1) is 0 Å². The third kappa shape index (κ3) is 1.35. The van der Waals surface area contributed by atoms with Gasteiger partial charge in [-0.3, -0.25) is 4.68 Å². The van der Waals surface area contributed by atoms with Gasteiger partial charge >= 0.3 is 0 Å². The van der Waals surface area contributed by atoms with Crippen LogP contribution in [0.25, 0.3) is 11.5 Å². The van der Waals surface area contributed by atoms with E-state index < -0.39 is 0 Å². The van der Waals surface area contributed by atoms with Gasteiger partial charge in [0.15, 0.2) is 5.82 Å². The first-order chi connectivity index (χ1) is 6.27. The predicted octanol–water partition coefficient (Wildman–Crippen LogP) is 0.459. The van der Waals surface area contributed by atoms with Crippen LogP contribution in [0.5, 0.6) is 0 Å². The average Bonchev–Trinajstić information content (AvgIpc) is 2.51. The molecule has 0 bridgehead atoms. The van der Waals surface area contributed by atoms with Gasteiger partial charge in [0.1, 0.15) is 11.5 Å². The summed E-state index contributed by atoms with van der Waals surface area (Å²) in [4.78, 5) is 8.17. The van der Waals surface area contributed by atoms with Gasteiger partial charge in [0.25, 0.3) is 0 Å². The molecule has 2 aromatic heterocycles. The van der Waals surface area contributed by atoms with Gasteiger partial charge in [-0.15, -0.1) is 0 Å². The van der Waals surface area contributed by atoms with Crippen LogP contribution >= 0.6 is 0 Å². The summed E-state index contributed by atoms with van der Waals surface area (Å²) in [5.74, 6) is 1.06. The Kier molecular flexibility index (Phi) is 1.70. The molecule has 0 atom stereocenters. The summed E-state index contributed by atoms with van der Waals surface area (Å²) >= 11 is 0. The van der Waals surface area contributed by atoms with Crippen molar-refractivity contribution in [2.75, 3.05) is 5.73 Å². The molecule has 2 rings (SSSR count). The zero-order valence-corrected chi connectivity index (χ0v) is 7.18. The molecule has 66 valence electrons. The lowest BCUT2D eigenvalue weighted by Crippen LogP contribution is -1.99. The standard InChI is InChI=1S/C8H9N5/c1-13-6(2-5-11-13)8-10-4-3-7(9)12-8/h2-5H,1H3,(H2,9,10,12). The van der Waals surface area contributed by atoms with Crippen molar-refractivity contribution in [1.82, 2.24) is 19.7 Å². The average molecular weight is 175 g/mol. The number of nitrogens with two attached hydrogens (primary N) is 1. The quantitative estimate of drug-likeness (QED) is 0.683. The van der Waals surface area contributed by atoms with Crippen LogP contribution in [-0.4, -0.2) is 19.7 Å². The van der Waals surface area contributed by atoms with Crippen LogP contribution in [0.1, 0.15) is 0 Å². The number of hydrogen-bond donors (Lipinski definition) is 1. The van der Waals surface area contributed by atoms with Crippen LogP contribution in [-0.2, 0) is 7.05 Å². The van der Waals surface area contributed by atoms with Crippen LogP contribution < -0.4 is 5.73 Å². The van der Waals surface area contributed by atoms with Crippen molar-refractivity contribution in [1.29, 1.82) is 0 Å². The van der Waals surface area contributed by atoms with Crippen LogP contribution in [0.15, 0.2) is 24.5 Å². The molecule has 0 aromatic carbocycles. The molecule has 0 radical (unpaired) electrons. The fourth-order valence-corrected chi connectivity index (χ4v) is 1.09. The third-order valence-corrected chi connectivity index (χ3v) is 1.73. The highest BCUT2D eigenvalue weighted by Crippen LogP contribution is 2.12. The maximum atomic E-state index is 5.53. The smallest absolute Gasteiger partial charge is 0.179 e. The van der Waals surface area contributed by atoms with E-state index in [1.807, 2.05) is 13.1 Å². The van der Waals surface area contributed by atoms with Crippen molar-refractivity contribution >= 4 is 5.82 Å². The van der Waals surface area contributed by atoms with E-state index >= 15 is 0 Å². The molecule has 0 fully saturated rings. The predicted molar refractivity (Wildman–Crippen MR) is 48.6 cm³/mol. The summed E-state index contributed by atoms with van der Waals surface area (Å²) in [5.41, 5.74) is 6.39. The summed E-state index contributed by atoms with van der Waals surface area (Å²) in [6.45, 7) is 0. The number of hydrogen-bond acceptors (Lipinski definition) is 4. The Bertz CT molecular complexity index is 420. The van der Waals surface area contributed by atoms with Gasteiger partial charge in [-0.05, 0) is 12.1 Å². The molecular formula is C8H9N5. The molecule has 0 aliphatic heterocycles. The van der Waals surface area contributed by atoms with Gasteiger partial charge in [-0.2, -0.15) is 5.10 Å². The molecule has 5 heteroatoms. The second-order valence-corrected chi connectivity index (χ2v) is 2.65. The first-order valence-corrected chi connectivity index (χ1v) is 3.84. The Morgan fingerprint density at radius 1 is 1.31 bits per heavy atom.